The van der Waals surface area contributed by atoms with Crippen molar-refractivity contribution in [2.75, 3.05) is 18.0 Å². The third-order valence-electron chi connectivity index (χ3n) is 4.87. The molecule has 0 bridgehead atoms. The number of fused-ring (bicyclic) bond motifs is 1. The van der Waals surface area contributed by atoms with Crippen LogP contribution in [0.4, 0.5) is 5.95 Å². The zero-order chi connectivity index (χ0) is 14.1. The number of rotatable bonds is 2. The van der Waals surface area contributed by atoms with E-state index in [-0.39, 0.29) is 0 Å². The molecule has 4 heteroatoms. The smallest absolute Gasteiger partial charge is 0.225 e. The first-order chi connectivity index (χ1) is 9.69. The maximum Gasteiger partial charge on any atom is 0.225 e. The van der Waals surface area contributed by atoms with E-state index in [1.807, 2.05) is 0 Å². The van der Waals surface area contributed by atoms with Gasteiger partial charge in [0.1, 0.15) is 0 Å². The van der Waals surface area contributed by atoms with Crippen LogP contribution in [0.1, 0.15) is 56.7 Å². The van der Waals surface area contributed by atoms with Gasteiger partial charge >= 0.3 is 0 Å². The van der Waals surface area contributed by atoms with Crippen molar-refractivity contribution in [3.63, 3.8) is 0 Å². The van der Waals surface area contributed by atoms with Crippen LogP contribution in [0.5, 0.6) is 0 Å². The van der Waals surface area contributed by atoms with Crippen LogP contribution < -0.4 is 10.6 Å². The molecule has 0 saturated carbocycles. The molecule has 3 atom stereocenters. The molecular formula is C16H26N4. The summed E-state index contributed by atoms with van der Waals surface area (Å²) in [7, 11) is 0. The Labute approximate surface area is 121 Å². The van der Waals surface area contributed by atoms with E-state index in [1.165, 1.54) is 36.9 Å². The molecule has 1 fully saturated rings. The first-order valence-electron chi connectivity index (χ1n) is 8.01. The molecule has 3 unspecified atom stereocenters. The van der Waals surface area contributed by atoms with Gasteiger partial charge in [0.05, 0.1) is 0 Å². The van der Waals surface area contributed by atoms with Crippen LogP contribution in [0.2, 0.25) is 0 Å². The van der Waals surface area contributed by atoms with Crippen LogP contribution in [-0.4, -0.2) is 29.1 Å². The topological polar surface area (TPSA) is 55.0 Å². The fourth-order valence-electron chi connectivity index (χ4n) is 3.78. The van der Waals surface area contributed by atoms with E-state index in [4.69, 9.17) is 10.7 Å². The van der Waals surface area contributed by atoms with Crippen LogP contribution in [-0.2, 0) is 6.42 Å². The maximum absolute atomic E-state index is 5.92. The minimum Gasteiger partial charge on any atom is -0.337 e. The number of aromatic nitrogens is 2. The van der Waals surface area contributed by atoms with Gasteiger partial charge in [-0.15, -0.1) is 0 Å². The fourth-order valence-corrected chi connectivity index (χ4v) is 3.78. The summed E-state index contributed by atoms with van der Waals surface area (Å²) in [5.41, 5.74) is 8.54. The van der Waals surface area contributed by atoms with E-state index >= 15 is 0 Å². The highest BCUT2D eigenvalue weighted by Gasteiger charge is 2.27. The average molecular weight is 274 g/mol. The van der Waals surface area contributed by atoms with E-state index in [0.29, 0.717) is 18.5 Å². The molecule has 0 radical (unpaired) electrons. The number of hydrogen-bond donors (Lipinski definition) is 1. The van der Waals surface area contributed by atoms with Gasteiger partial charge in [0.15, 0.2) is 0 Å². The lowest BCUT2D eigenvalue weighted by Gasteiger charge is -2.36. The van der Waals surface area contributed by atoms with Gasteiger partial charge in [-0.1, -0.05) is 13.8 Å². The van der Waals surface area contributed by atoms with Crippen LogP contribution in [0.25, 0.3) is 0 Å². The largest absolute Gasteiger partial charge is 0.337 e. The Morgan fingerprint density at radius 3 is 3.00 bits per heavy atom. The SMILES string of the molecule is CC1Cc2nc(N3CCCCC3CN)ncc2C(C)C1. The molecule has 1 aromatic rings. The quantitative estimate of drug-likeness (QED) is 0.900. The molecule has 1 aliphatic carbocycles. The second-order valence-electron chi connectivity index (χ2n) is 6.60. The molecule has 2 N–H and O–H groups in total. The van der Waals surface area contributed by atoms with Gasteiger partial charge in [0, 0.05) is 31.0 Å². The Balaban J connectivity index is 1.89. The van der Waals surface area contributed by atoms with E-state index in [9.17, 15) is 0 Å². The average Bonchev–Trinajstić information content (AvgIpc) is 2.46. The Bertz CT molecular complexity index is 474. The fraction of sp³-hybridized carbons (Fsp3) is 0.750. The standard InChI is InChI=1S/C16H26N4/c1-11-7-12(2)14-10-18-16(19-15(14)8-11)20-6-4-3-5-13(20)9-17/h10-13H,3-9,17H2,1-2H3. The van der Waals surface area contributed by atoms with Crippen molar-refractivity contribution in [2.45, 2.75) is 57.9 Å². The molecular weight excluding hydrogens is 248 g/mol. The zero-order valence-corrected chi connectivity index (χ0v) is 12.7. The van der Waals surface area contributed by atoms with Gasteiger partial charge in [0.2, 0.25) is 5.95 Å². The Kier molecular flexibility index (Phi) is 3.92. The second kappa shape index (κ2) is 5.68. The Hall–Kier alpha value is -1.16. The number of hydrogen-bond acceptors (Lipinski definition) is 4. The van der Waals surface area contributed by atoms with Crippen LogP contribution in [0.15, 0.2) is 6.20 Å². The summed E-state index contributed by atoms with van der Waals surface area (Å²) >= 11 is 0. The Morgan fingerprint density at radius 1 is 1.35 bits per heavy atom. The predicted molar refractivity (Wildman–Crippen MR) is 82.0 cm³/mol. The number of anilines is 1. The highest BCUT2D eigenvalue weighted by molar-refractivity contribution is 5.37. The molecule has 3 rings (SSSR count). The van der Waals surface area contributed by atoms with E-state index < -0.39 is 0 Å². The molecule has 0 amide bonds. The second-order valence-corrected chi connectivity index (χ2v) is 6.60. The summed E-state index contributed by atoms with van der Waals surface area (Å²) in [5.74, 6) is 2.22. The van der Waals surface area contributed by atoms with E-state index in [0.717, 1.165) is 24.8 Å². The summed E-state index contributed by atoms with van der Waals surface area (Å²) in [4.78, 5) is 11.9. The predicted octanol–water partition coefficient (Wildman–Crippen LogP) is 2.48. The zero-order valence-electron chi connectivity index (χ0n) is 12.7. The first-order valence-corrected chi connectivity index (χ1v) is 8.01. The van der Waals surface area contributed by atoms with Crippen molar-refractivity contribution in [1.29, 1.82) is 0 Å². The van der Waals surface area contributed by atoms with Crippen molar-refractivity contribution >= 4 is 5.95 Å². The van der Waals surface area contributed by atoms with E-state index in [1.54, 1.807) is 0 Å². The van der Waals surface area contributed by atoms with Gasteiger partial charge < -0.3 is 10.6 Å². The molecule has 2 heterocycles. The molecule has 0 spiro atoms. The van der Waals surface area contributed by atoms with Gasteiger partial charge in [-0.25, -0.2) is 9.97 Å². The van der Waals surface area contributed by atoms with Crippen molar-refractivity contribution in [2.24, 2.45) is 11.7 Å². The molecule has 20 heavy (non-hydrogen) atoms. The minimum atomic E-state index is 0.417. The van der Waals surface area contributed by atoms with Gasteiger partial charge in [-0.3, -0.25) is 0 Å². The van der Waals surface area contributed by atoms with Crippen molar-refractivity contribution in [3.8, 4) is 0 Å². The molecule has 2 aliphatic rings. The summed E-state index contributed by atoms with van der Waals surface area (Å²) in [5, 5.41) is 0. The van der Waals surface area contributed by atoms with Gasteiger partial charge in [-0.05, 0) is 49.5 Å². The maximum atomic E-state index is 5.92. The molecule has 0 aromatic carbocycles. The number of nitrogens with two attached hydrogens (primary N) is 1. The molecule has 1 saturated heterocycles. The third-order valence-corrected chi connectivity index (χ3v) is 4.87. The highest BCUT2D eigenvalue weighted by atomic mass is 15.3. The number of piperidine rings is 1. The Morgan fingerprint density at radius 2 is 2.20 bits per heavy atom. The lowest BCUT2D eigenvalue weighted by molar-refractivity contribution is 0.433. The summed E-state index contributed by atoms with van der Waals surface area (Å²) in [6.45, 7) is 6.37. The third kappa shape index (κ3) is 2.53. The first kappa shape index (κ1) is 13.8. The lowest BCUT2D eigenvalue weighted by atomic mass is 9.82. The molecule has 1 aliphatic heterocycles. The summed E-state index contributed by atoms with van der Waals surface area (Å²) < 4.78 is 0. The summed E-state index contributed by atoms with van der Waals surface area (Å²) in [6.07, 6.45) is 8.09. The van der Waals surface area contributed by atoms with Crippen molar-refractivity contribution in [3.05, 3.63) is 17.5 Å². The van der Waals surface area contributed by atoms with Crippen LogP contribution in [0, 0.1) is 5.92 Å². The van der Waals surface area contributed by atoms with Crippen LogP contribution >= 0.6 is 0 Å². The van der Waals surface area contributed by atoms with Crippen LogP contribution in [0.3, 0.4) is 0 Å². The normalized spacial score (nSPS) is 30.1. The lowest BCUT2D eigenvalue weighted by Crippen LogP contribution is -2.45. The van der Waals surface area contributed by atoms with Crippen molar-refractivity contribution < 1.29 is 0 Å². The minimum absolute atomic E-state index is 0.417. The van der Waals surface area contributed by atoms with Gasteiger partial charge in [0.25, 0.3) is 0 Å². The highest BCUT2D eigenvalue weighted by Crippen LogP contribution is 2.34. The van der Waals surface area contributed by atoms with Gasteiger partial charge in [-0.2, -0.15) is 0 Å². The molecule has 4 nitrogen and oxygen atoms in total. The molecule has 110 valence electrons. The molecule has 1 aromatic heterocycles. The van der Waals surface area contributed by atoms with E-state index in [2.05, 4.69) is 29.9 Å². The van der Waals surface area contributed by atoms with Crippen molar-refractivity contribution in [1.82, 2.24) is 9.97 Å². The monoisotopic (exact) mass is 274 g/mol. The summed E-state index contributed by atoms with van der Waals surface area (Å²) in [6, 6.07) is 0.417. The number of nitrogens with zero attached hydrogens (tertiary/aromatic N) is 3.